The van der Waals surface area contributed by atoms with Crippen LogP contribution in [0.1, 0.15) is 26.2 Å². The molecule has 0 saturated carbocycles. The quantitative estimate of drug-likeness (QED) is 0.700. The minimum Gasteiger partial charge on any atom is -0.325 e. The van der Waals surface area contributed by atoms with E-state index in [0.29, 0.717) is 6.04 Å². The summed E-state index contributed by atoms with van der Waals surface area (Å²) in [5.41, 5.74) is 5.82. The minimum absolute atomic E-state index is 0.459. The fourth-order valence-electron chi connectivity index (χ4n) is 2.67. The standard InChI is InChI=1S/C11H23N3/c1-2-13-6-3-4-11(5-7-13)14-8-10(12)9-14/h10-11H,2-9,12H2,1H3. The van der Waals surface area contributed by atoms with Crippen molar-refractivity contribution in [2.45, 2.75) is 38.3 Å². The molecule has 0 aromatic rings. The Labute approximate surface area is 87.2 Å². The van der Waals surface area contributed by atoms with Crippen LogP contribution in [0, 0.1) is 0 Å². The van der Waals surface area contributed by atoms with E-state index in [1.165, 1.54) is 38.9 Å². The fourth-order valence-corrected chi connectivity index (χ4v) is 2.67. The molecular weight excluding hydrogens is 174 g/mol. The first-order chi connectivity index (χ1) is 6.79. The van der Waals surface area contributed by atoms with Gasteiger partial charge in [0.1, 0.15) is 0 Å². The van der Waals surface area contributed by atoms with Gasteiger partial charge in [-0.25, -0.2) is 0 Å². The van der Waals surface area contributed by atoms with Crippen LogP contribution in [0.5, 0.6) is 0 Å². The first-order valence-corrected chi connectivity index (χ1v) is 6.01. The summed E-state index contributed by atoms with van der Waals surface area (Å²) in [5.74, 6) is 0. The molecule has 2 aliphatic heterocycles. The first-order valence-electron chi connectivity index (χ1n) is 6.01. The van der Waals surface area contributed by atoms with E-state index in [2.05, 4.69) is 16.7 Å². The summed E-state index contributed by atoms with van der Waals surface area (Å²) < 4.78 is 0. The molecule has 0 aromatic heterocycles. The monoisotopic (exact) mass is 197 g/mol. The molecule has 0 amide bonds. The molecule has 3 heteroatoms. The van der Waals surface area contributed by atoms with Crippen LogP contribution in [0.15, 0.2) is 0 Å². The predicted octanol–water partition coefficient (Wildman–Crippen LogP) is 0.504. The van der Waals surface area contributed by atoms with Crippen molar-refractivity contribution < 1.29 is 0 Å². The van der Waals surface area contributed by atoms with Crippen molar-refractivity contribution >= 4 is 0 Å². The summed E-state index contributed by atoms with van der Waals surface area (Å²) in [5, 5.41) is 0. The van der Waals surface area contributed by atoms with Gasteiger partial charge in [-0.15, -0.1) is 0 Å². The zero-order valence-electron chi connectivity index (χ0n) is 9.28. The van der Waals surface area contributed by atoms with Gasteiger partial charge in [0, 0.05) is 25.2 Å². The van der Waals surface area contributed by atoms with Gasteiger partial charge in [-0.05, 0) is 38.9 Å². The smallest absolute Gasteiger partial charge is 0.0297 e. The van der Waals surface area contributed by atoms with Crippen molar-refractivity contribution in [3.8, 4) is 0 Å². The second-order valence-electron chi connectivity index (χ2n) is 4.73. The molecule has 0 radical (unpaired) electrons. The van der Waals surface area contributed by atoms with Crippen molar-refractivity contribution in [1.82, 2.24) is 9.80 Å². The highest BCUT2D eigenvalue weighted by molar-refractivity contribution is 4.89. The Morgan fingerprint density at radius 2 is 2.00 bits per heavy atom. The molecule has 0 bridgehead atoms. The number of hydrogen-bond acceptors (Lipinski definition) is 3. The van der Waals surface area contributed by atoms with Gasteiger partial charge in [0.15, 0.2) is 0 Å². The third-order valence-electron chi connectivity index (χ3n) is 3.69. The zero-order valence-corrected chi connectivity index (χ0v) is 9.28. The lowest BCUT2D eigenvalue weighted by molar-refractivity contribution is 0.0846. The average molecular weight is 197 g/mol. The summed E-state index contributed by atoms with van der Waals surface area (Å²) >= 11 is 0. The van der Waals surface area contributed by atoms with Crippen LogP contribution in [-0.4, -0.2) is 54.6 Å². The highest BCUT2D eigenvalue weighted by atomic mass is 15.3. The van der Waals surface area contributed by atoms with E-state index >= 15 is 0 Å². The van der Waals surface area contributed by atoms with Crippen LogP contribution in [0.2, 0.25) is 0 Å². The van der Waals surface area contributed by atoms with E-state index in [4.69, 9.17) is 5.73 Å². The summed E-state index contributed by atoms with van der Waals surface area (Å²) in [6.07, 6.45) is 4.09. The van der Waals surface area contributed by atoms with Crippen molar-refractivity contribution in [3.05, 3.63) is 0 Å². The van der Waals surface area contributed by atoms with E-state index in [-0.39, 0.29) is 0 Å². The molecule has 2 heterocycles. The van der Waals surface area contributed by atoms with Crippen LogP contribution in [0.3, 0.4) is 0 Å². The van der Waals surface area contributed by atoms with E-state index < -0.39 is 0 Å². The van der Waals surface area contributed by atoms with Gasteiger partial charge >= 0.3 is 0 Å². The maximum atomic E-state index is 5.82. The van der Waals surface area contributed by atoms with E-state index in [9.17, 15) is 0 Å². The van der Waals surface area contributed by atoms with Gasteiger partial charge in [0.2, 0.25) is 0 Å². The van der Waals surface area contributed by atoms with Crippen molar-refractivity contribution in [1.29, 1.82) is 0 Å². The van der Waals surface area contributed by atoms with Gasteiger partial charge in [0.05, 0.1) is 0 Å². The molecule has 0 aromatic carbocycles. The van der Waals surface area contributed by atoms with Crippen molar-refractivity contribution in [2.24, 2.45) is 5.73 Å². The van der Waals surface area contributed by atoms with Gasteiger partial charge in [0.25, 0.3) is 0 Å². The Balaban J connectivity index is 1.78. The highest BCUT2D eigenvalue weighted by Crippen LogP contribution is 2.20. The first kappa shape index (κ1) is 10.4. The fraction of sp³-hybridized carbons (Fsp3) is 1.00. The predicted molar refractivity (Wildman–Crippen MR) is 59.3 cm³/mol. The number of nitrogens with two attached hydrogens (primary N) is 1. The second kappa shape index (κ2) is 4.60. The van der Waals surface area contributed by atoms with Crippen LogP contribution >= 0.6 is 0 Å². The Kier molecular flexibility index (Phi) is 3.42. The van der Waals surface area contributed by atoms with Gasteiger partial charge < -0.3 is 10.6 Å². The number of nitrogens with zero attached hydrogens (tertiary/aromatic N) is 2. The molecular formula is C11H23N3. The van der Waals surface area contributed by atoms with Gasteiger partial charge in [-0.1, -0.05) is 6.92 Å². The van der Waals surface area contributed by atoms with E-state index in [0.717, 1.165) is 19.1 Å². The molecule has 2 rings (SSSR count). The lowest BCUT2D eigenvalue weighted by Crippen LogP contribution is -2.59. The van der Waals surface area contributed by atoms with Crippen molar-refractivity contribution in [2.75, 3.05) is 32.7 Å². The van der Waals surface area contributed by atoms with Gasteiger partial charge in [-0.2, -0.15) is 0 Å². The molecule has 0 aliphatic carbocycles. The zero-order chi connectivity index (χ0) is 9.97. The number of likely N-dealkylation sites (tertiary alicyclic amines) is 2. The van der Waals surface area contributed by atoms with E-state index in [1.807, 2.05) is 0 Å². The highest BCUT2D eigenvalue weighted by Gasteiger charge is 2.30. The Morgan fingerprint density at radius 1 is 1.21 bits per heavy atom. The number of rotatable bonds is 2. The van der Waals surface area contributed by atoms with Crippen LogP contribution in [-0.2, 0) is 0 Å². The summed E-state index contributed by atoms with van der Waals surface area (Å²) in [6.45, 7) is 8.33. The van der Waals surface area contributed by atoms with Crippen LogP contribution in [0.25, 0.3) is 0 Å². The van der Waals surface area contributed by atoms with E-state index in [1.54, 1.807) is 0 Å². The Bertz CT molecular complexity index is 177. The summed E-state index contributed by atoms with van der Waals surface area (Å²) in [7, 11) is 0. The maximum absolute atomic E-state index is 5.82. The maximum Gasteiger partial charge on any atom is 0.0297 e. The van der Waals surface area contributed by atoms with Crippen LogP contribution < -0.4 is 5.73 Å². The molecule has 3 nitrogen and oxygen atoms in total. The molecule has 0 spiro atoms. The molecule has 2 aliphatic rings. The minimum atomic E-state index is 0.459. The van der Waals surface area contributed by atoms with Crippen LogP contribution in [0.4, 0.5) is 0 Å². The topological polar surface area (TPSA) is 32.5 Å². The summed E-state index contributed by atoms with van der Waals surface area (Å²) in [4.78, 5) is 5.14. The molecule has 1 atom stereocenters. The third kappa shape index (κ3) is 2.27. The Hall–Kier alpha value is -0.120. The van der Waals surface area contributed by atoms with Crippen molar-refractivity contribution in [3.63, 3.8) is 0 Å². The molecule has 2 saturated heterocycles. The molecule has 2 fully saturated rings. The normalized spacial score (nSPS) is 32.6. The number of hydrogen-bond donors (Lipinski definition) is 1. The van der Waals surface area contributed by atoms with Gasteiger partial charge in [-0.3, -0.25) is 4.90 Å². The molecule has 82 valence electrons. The third-order valence-corrected chi connectivity index (χ3v) is 3.69. The average Bonchev–Trinajstić information content (AvgIpc) is 2.37. The SMILES string of the molecule is CCN1CCCC(N2CC(N)C2)CC1. The largest absolute Gasteiger partial charge is 0.325 e. The summed E-state index contributed by atoms with van der Waals surface area (Å²) in [6, 6.07) is 1.28. The Morgan fingerprint density at radius 3 is 2.64 bits per heavy atom. The lowest BCUT2D eigenvalue weighted by Gasteiger charge is -2.42. The lowest BCUT2D eigenvalue weighted by atomic mass is 10.0. The molecule has 14 heavy (non-hydrogen) atoms. The molecule has 1 unspecified atom stereocenters. The second-order valence-corrected chi connectivity index (χ2v) is 4.73. The molecule has 2 N–H and O–H groups in total.